The van der Waals surface area contributed by atoms with E-state index in [4.69, 9.17) is 28.0 Å². The van der Waals surface area contributed by atoms with Crippen LogP contribution in [0.3, 0.4) is 0 Å². The first-order chi connectivity index (χ1) is 11.8. The molecule has 0 aliphatic heterocycles. The van der Waals surface area contributed by atoms with Gasteiger partial charge in [-0.3, -0.25) is 0 Å². The minimum atomic E-state index is -4.81. The topological polar surface area (TPSA) is 94.9 Å². The minimum absolute atomic E-state index is 0.145. The molecule has 0 unspecified atom stereocenters. The van der Waals surface area contributed by atoms with Crippen molar-refractivity contribution in [2.24, 2.45) is 16.8 Å². The van der Waals surface area contributed by atoms with Crippen LogP contribution in [0.4, 0.5) is 13.2 Å². The molecule has 0 saturated heterocycles. The van der Waals surface area contributed by atoms with E-state index < -0.39 is 12.1 Å². The molecule has 10 heteroatoms. The third-order valence-corrected chi connectivity index (χ3v) is 3.30. The van der Waals surface area contributed by atoms with Gasteiger partial charge < -0.3 is 20.7 Å². The SMILES string of the molecule is N/N=C(\NN)c1cccc(COc2ccc(OC(F)(F)F)c(Cl)c2)c1. The van der Waals surface area contributed by atoms with Crippen LogP contribution in [0.5, 0.6) is 11.5 Å². The molecule has 0 heterocycles. The maximum absolute atomic E-state index is 12.2. The second-order valence-electron chi connectivity index (χ2n) is 4.75. The lowest BCUT2D eigenvalue weighted by atomic mass is 10.1. The van der Waals surface area contributed by atoms with Crippen molar-refractivity contribution in [3.05, 3.63) is 58.6 Å². The molecule has 0 amide bonds. The summed E-state index contributed by atoms with van der Waals surface area (Å²) < 4.78 is 45.9. The van der Waals surface area contributed by atoms with Gasteiger partial charge in [-0.15, -0.1) is 13.2 Å². The van der Waals surface area contributed by atoms with E-state index in [1.807, 2.05) is 0 Å². The predicted molar refractivity (Wildman–Crippen MR) is 87.0 cm³/mol. The number of hydrazine groups is 1. The highest BCUT2D eigenvalue weighted by Gasteiger charge is 2.32. The van der Waals surface area contributed by atoms with Crippen LogP contribution in [0.1, 0.15) is 11.1 Å². The van der Waals surface area contributed by atoms with Gasteiger partial charge in [0.1, 0.15) is 18.1 Å². The fourth-order valence-corrected chi connectivity index (χ4v) is 2.16. The number of rotatable bonds is 5. The second-order valence-corrected chi connectivity index (χ2v) is 5.16. The van der Waals surface area contributed by atoms with E-state index in [9.17, 15) is 13.2 Å². The molecule has 0 bridgehead atoms. The molecule has 0 atom stereocenters. The lowest BCUT2D eigenvalue weighted by molar-refractivity contribution is -0.274. The van der Waals surface area contributed by atoms with Crippen LogP contribution < -0.4 is 26.6 Å². The molecule has 2 aromatic rings. The number of alkyl halides is 3. The summed E-state index contributed by atoms with van der Waals surface area (Å²) in [6.45, 7) is 0.145. The molecule has 5 N–H and O–H groups in total. The van der Waals surface area contributed by atoms with Crippen molar-refractivity contribution in [1.29, 1.82) is 0 Å². The van der Waals surface area contributed by atoms with E-state index in [-0.39, 0.29) is 17.4 Å². The molecule has 0 spiro atoms. The third-order valence-electron chi connectivity index (χ3n) is 3.00. The number of amidine groups is 1. The summed E-state index contributed by atoms with van der Waals surface area (Å²) in [5, 5.41) is 3.29. The van der Waals surface area contributed by atoms with Crippen molar-refractivity contribution in [1.82, 2.24) is 5.43 Å². The van der Waals surface area contributed by atoms with E-state index in [2.05, 4.69) is 15.3 Å². The number of ether oxygens (including phenoxy) is 2. The van der Waals surface area contributed by atoms with Crippen LogP contribution in [0.15, 0.2) is 47.6 Å². The highest BCUT2D eigenvalue weighted by atomic mass is 35.5. The zero-order valence-corrected chi connectivity index (χ0v) is 13.4. The van der Waals surface area contributed by atoms with Gasteiger partial charge in [0, 0.05) is 11.6 Å². The summed E-state index contributed by atoms with van der Waals surface area (Å²) in [4.78, 5) is 0. The van der Waals surface area contributed by atoms with E-state index in [0.717, 1.165) is 11.6 Å². The lowest BCUT2D eigenvalue weighted by Crippen LogP contribution is -2.32. The maximum atomic E-state index is 12.2. The Morgan fingerprint density at radius 1 is 1.20 bits per heavy atom. The molecule has 0 fully saturated rings. The Morgan fingerprint density at radius 2 is 1.96 bits per heavy atom. The molecular formula is C15H14ClF3N4O2. The normalized spacial score (nSPS) is 12.0. The van der Waals surface area contributed by atoms with E-state index in [0.29, 0.717) is 11.4 Å². The monoisotopic (exact) mass is 374 g/mol. The highest BCUT2D eigenvalue weighted by molar-refractivity contribution is 6.32. The van der Waals surface area contributed by atoms with Crippen LogP contribution >= 0.6 is 11.6 Å². The molecule has 6 nitrogen and oxygen atoms in total. The zero-order valence-electron chi connectivity index (χ0n) is 12.7. The summed E-state index contributed by atoms with van der Waals surface area (Å²) in [6, 6.07) is 10.7. The molecule has 2 aromatic carbocycles. The van der Waals surface area contributed by atoms with Crippen molar-refractivity contribution in [3.8, 4) is 11.5 Å². The van der Waals surface area contributed by atoms with Gasteiger partial charge >= 0.3 is 6.36 Å². The Balaban J connectivity index is 2.07. The van der Waals surface area contributed by atoms with Crippen LogP contribution in [0, 0.1) is 0 Å². The van der Waals surface area contributed by atoms with Gasteiger partial charge in [0.2, 0.25) is 0 Å². The molecule has 25 heavy (non-hydrogen) atoms. The van der Waals surface area contributed by atoms with E-state index >= 15 is 0 Å². The van der Waals surface area contributed by atoms with Gasteiger partial charge in [-0.1, -0.05) is 29.8 Å². The molecule has 0 radical (unpaired) electrons. The molecule has 0 aliphatic carbocycles. The number of hydrazone groups is 1. The molecule has 0 aromatic heterocycles. The van der Waals surface area contributed by atoms with Crippen LogP contribution in [-0.4, -0.2) is 12.2 Å². The third kappa shape index (κ3) is 5.44. The number of halogens is 4. The number of hydrogen-bond donors (Lipinski definition) is 3. The Kier molecular flexibility index (Phi) is 5.94. The molecule has 2 rings (SSSR count). The number of nitrogens with two attached hydrogens (primary N) is 2. The van der Waals surface area contributed by atoms with Crippen molar-refractivity contribution in [2.45, 2.75) is 13.0 Å². The van der Waals surface area contributed by atoms with Crippen molar-refractivity contribution in [3.63, 3.8) is 0 Å². The largest absolute Gasteiger partial charge is 0.573 e. The predicted octanol–water partition coefficient (Wildman–Crippen LogP) is 2.90. The summed E-state index contributed by atoms with van der Waals surface area (Å²) in [6.07, 6.45) is -4.81. The lowest BCUT2D eigenvalue weighted by Gasteiger charge is -2.12. The van der Waals surface area contributed by atoms with E-state index in [1.54, 1.807) is 24.3 Å². The van der Waals surface area contributed by atoms with Gasteiger partial charge in [0.05, 0.1) is 5.02 Å². The summed E-state index contributed by atoms with van der Waals surface area (Å²) >= 11 is 5.76. The van der Waals surface area contributed by atoms with Crippen molar-refractivity contribution >= 4 is 17.4 Å². The Morgan fingerprint density at radius 3 is 2.56 bits per heavy atom. The number of nitrogens with one attached hydrogen (secondary N) is 1. The van der Waals surface area contributed by atoms with E-state index in [1.165, 1.54) is 12.1 Å². The van der Waals surface area contributed by atoms with Gasteiger partial charge in [0.15, 0.2) is 5.84 Å². The smallest absolute Gasteiger partial charge is 0.489 e. The van der Waals surface area contributed by atoms with Crippen molar-refractivity contribution < 1.29 is 22.6 Å². The van der Waals surface area contributed by atoms with Gasteiger partial charge in [-0.2, -0.15) is 5.10 Å². The standard InChI is InChI=1S/C15H14ClF3N4O2/c16-12-7-11(4-5-13(12)25-15(17,18)19)24-8-9-2-1-3-10(6-9)14(22-20)23-21/h1-7H,8,20-21H2,(H,22,23). The zero-order chi connectivity index (χ0) is 18.4. The van der Waals surface area contributed by atoms with Crippen molar-refractivity contribution in [2.75, 3.05) is 0 Å². The molecule has 134 valence electrons. The van der Waals surface area contributed by atoms with Gasteiger partial charge in [-0.05, 0) is 23.8 Å². The average molecular weight is 375 g/mol. The fourth-order valence-electron chi connectivity index (χ4n) is 1.95. The maximum Gasteiger partial charge on any atom is 0.573 e. The fraction of sp³-hybridized carbons (Fsp3) is 0.133. The molecular weight excluding hydrogens is 361 g/mol. The molecule has 0 aliphatic rings. The van der Waals surface area contributed by atoms with Crippen LogP contribution in [-0.2, 0) is 6.61 Å². The number of nitrogens with zero attached hydrogens (tertiary/aromatic N) is 1. The quantitative estimate of drug-likeness (QED) is 0.324. The first-order valence-electron chi connectivity index (χ1n) is 6.84. The highest BCUT2D eigenvalue weighted by Crippen LogP contribution is 2.33. The first-order valence-corrected chi connectivity index (χ1v) is 7.22. The summed E-state index contributed by atoms with van der Waals surface area (Å²) in [5.74, 6) is 10.6. The van der Waals surface area contributed by atoms with Gasteiger partial charge in [0.25, 0.3) is 0 Å². The second kappa shape index (κ2) is 7.95. The van der Waals surface area contributed by atoms with Crippen LogP contribution in [0.25, 0.3) is 0 Å². The molecule has 0 saturated carbocycles. The Bertz CT molecular complexity index is 769. The minimum Gasteiger partial charge on any atom is -0.489 e. The Labute approximate surface area is 146 Å². The first kappa shape index (κ1) is 18.7. The Hall–Kier alpha value is -2.65. The van der Waals surface area contributed by atoms with Gasteiger partial charge in [-0.25, -0.2) is 5.84 Å². The van der Waals surface area contributed by atoms with Crippen LogP contribution in [0.2, 0.25) is 5.02 Å². The summed E-state index contributed by atoms with van der Waals surface area (Å²) in [5.41, 5.74) is 3.78. The average Bonchev–Trinajstić information content (AvgIpc) is 2.56. The summed E-state index contributed by atoms with van der Waals surface area (Å²) in [7, 11) is 0. The number of benzene rings is 2. The number of hydrogen-bond acceptors (Lipinski definition) is 5.